The lowest BCUT2D eigenvalue weighted by atomic mass is 9.92. The van der Waals surface area contributed by atoms with E-state index in [0.29, 0.717) is 28.2 Å². The van der Waals surface area contributed by atoms with Crippen molar-refractivity contribution >= 4 is 23.5 Å². The fourth-order valence-corrected chi connectivity index (χ4v) is 4.04. The number of carbonyl (C=O) groups is 3. The van der Waals surface area contributed by atoms with Gasteiger partial charge in [-0.25, -0.2) is 13.9 Å². The normalized spacial score (nSPS) is 17.0. The summed E-state index contributed by atoms with van der Waals surface area (Å²) in [4.78, 5) is 37.4. The van der Waals surface area contributed by atoms with E-state index < -0.39 is 23.4 Å². The largest absolute Gasteiger partial charge is 0.322 e. The van der Waals surface area contributed by atoms with Gasteiger partial charge >= 0.3 is 6.03 Å². The minimum Gasteiger partial charge on any atom is -0.322 e. The van der Waals surface area contributed by atoms with Crippen LogP contribution in [0.3, 0.4) is 0 Å². The molecule has 0 aliphatic carbocycles. The number of halogens is 1. The summed E-state index contributed by atoms with van der Waals surface area (Å²) >= 11 is 0. The van der Waals surface area contributed by atoms with Crippen LogP contribution in [0.4, 0.5) is 14.9 Å². The number of imide groups is 1. The molecule has 1 aliphatic heterocycles. The Morgan fingerprint density at radius 3 is 2.42 bits per heavy atom. The Bertz CT molecular complexity index is 1490. The number of aromatic nitrogens is 2. The summed E-state index contributed by atoms with van der Waals surface area (Å²) in [5, 5.41) is 12.3. The molecule has 8 nitrogen and oxygen atoms in total. The highest BCUT2D eigenvalue weighted by molar-refractivity contribution is 6.09. The van der Waals surface area contributed by atoms with Gasteiger partial charge in [-0.05, 0) is 55.8 Å². The summed E-state index contributed by atoms with van der Waals surface area (Å²) in [6.07, 6.45) is 1.59. The van der Waals surface area contributed by atoms with Gasteiger partial charge in [-0.15, -0.1) is 0 Å². The molecule has 3 N–H and O–H groups in total. The average Bonchev–Trinajstić information content (AvgIpc) is 3.41. The Labute approximate surface area is 206 Å². The molecule has 0 spiro atoms. The third kappa shape index (κ3) is 4.22. The maximum absolute atomic E-state index is 13.4. The number of hydrogen-bond donors (Lipinski definition) is 3. The topological polar surface area (TPSA) is 105 Å². The lowest BCUT2D eigenvalue weighted by Gasteiger charge is -2.21. The van der Waals surface area contributed by atoms with Gasteiger partial charge in [0.25, 0.3) is 11.8 Å². The first-order valence-electron chi connectivity index (χ1n) is 11.2. The van der Waals surface area contributed by atoms with E-state index in [1.54, 1.807) is 49.5 Å². The summed E-state index contributed by atoms with van der Waals surface area (Å²) in [7, 11) is 0. The molecule has 1 aromatic heterocycles. The molecular weight excluding hydrogens is 461 g/mol. The van der Waals surface area contributed by atoms with Gasteiger partial charge in [-0.3, -0.25) is 14.9 Å². The fourth-order valence-electron chi connectivity index (χ4n) is 4.04. The van der Waals surface area contributed by atoms with E-state index in [0.717, 1.165) is 11.1 Å². The molecule has 4 amide bonds. The van der Waals surface area contributed by atoms with E-state index in [9.17, 15) is 18.8 Å². The third-order valence-electron chi connectivity index (χ3n) is 6.12. The maximum Gasteiger partial charge on any atom is 0.322 e. The van der Waals surface area contributed by atoms with Gasteiger partial charge < -0.3 is 10.6 Å². The van der Waals surface area contributed by atoms with Gasteiger partial charge in [-0.2, -0.15) is 5.10 Å². The van der Waals surface area contributed by atoms with Crippen LogP contribution >= 0.6 is 0 Å². The Balaban J connectivity index is 1.50. The van der Waals surface area contributed by atoms with Crippen molar-refractivity contribution in [1.29, 1.82) is 0 Å². The van der Waals surface area contributed by atoms with E-state index >= 15 is 0 Å². The highest BCUT2D eigenvalue weighted by atomic mass is 19.1. The number of carbonyl (C=O) groups excluding carboxylic acids is 3. The van der Waals surface area contributed by atoms with Crippen LogP contribution in [0.25, 0.3) is 16.9 Å². The predicted octanol–water partition coefficient (Wildman–Crippen LogP) is 4.29. The zero-order chi connectivity index (χ0) is 25.4. The number of rotatable bonds is 5. The van der Waals surface area contributed by atoms with Gasteiger partial charge in [-0.1, -0.05) is 42.0 Å². The Kier molecular flexibility index (Phi) is 5.60. The molecule has 9 heteroatoms. The summed E-state index contributed by atoms with van der Waals surface area (Å²) in [5.74, 6) is -1.26. The molecule has 180 valence electrons. The van der Waals surface area contributed by atoms with Crippen molar-refractivity contribution in [2.75, 3.05) is 5.32 Å². The lowest BCUT2D eigenvalue weighted by molar-refractivity contribution is -0.123. The third-order valence-corrected chi connectivity index (χ3v) is 6.12. The van der Waals surface area contributed by atoms with Crippen LogP contribution in [0.5, 0.6) is 0 Å². The van der Waals surface area contributed by atoms with Crippen LogP contribution in [0, 0.1) is 12.7 Å². The number of anilines is 1. The number of aryl methyl sites for hydroxylation is 1. The molecule has 1 aliphatic rings. The molecule has 3 aromatic carbocycles. The smallest absolute Gasteiger partial charge is 0.322 e. The zero-order valence-electron chi connectivity index (χ0n) is 19.5. The molecule has 2 heterocycles. The van der Waals surface area contributed by atoms with Crippen molar-refractivity contribution in [3.8, 4) is 16.9 Å². The van der Waals surface area contributed by atoms with E-state index in [2.05, 4.69) is 21.0 Å². The first-order chi connectivity index (χ1) is 17.2. The molecule has 36 heavy (non-hydrogen) atoms. The fraction of sp³-hybridized carbons (Fsp3) is 0.111. The number of urea groups is 1. The minimum absolute atomic E-state index is 0.312. The molecule has 0 bridgehead atoms. The standard InChI is InChI=1S/C27H22FN5O3/c1-16-6-8-17(9-7-16)23-22(15-33(32-23)21-12-10-19(28)11-13-21)24(34)29-20-5-3-4-18(14-20)27(2)25(35)30-26(36)31-27/h3-15H,1-2H3,(H,29,34)(H2,30,31,35,36). The van der Waals surface area contributed by atoms with Crippen LogP contribution in [-0.2, 0) is 10.3 Å². The van der Waals surface area contributed by atoms with Crippen molar-refractivity contribution in [3.63, 3.8) is 0 Å². The molecule has 0 radical (unpaired) electrons. The Morgan fingerprint density at radius 2 is 1.75 bits per heavy atom. The highest BCUT2D eigenvalue weighted by Gasteiger charge is 2.43. The number of amides is 4. The molecule has 5 rings (SSSR count). The van der Waals surface area contributed by atoms with Crippen LogP contribution in [0.1, 0.15) is 28.4 Å². The monoisotopic (exact) mass is 483 g/mol. The van der Waals surface area contributed by atoms with E-state index in [4.69, 9.17) is 0 Å². The second-order valence-corrected chi connectivity index (χ2v) is 8.75. The van der Waals surface area contributed by atoms with Crippen molar-refractivity contribution in [1.82, 2.24) is 20.4 Å². The number of hydrogen-bond acceptors (Lipinski definition) is 4. The summed E-state index contributed by atoms with van der Waals surface area (Å²) < 4.78 is 15.0. The van der Waals surface area contributed by atoms with Crippen LogP contribution in [0.15, 0.2) is 79.0 Å². The average molecular weight is 484 g/mol. The maximum atomic E-state index is 13.4. The lowest BCUT2D eigenvalue weighted by Crippen LogP contribution is -2.40. The zero-order valence-corrected chi connectivity index (χ0v) is 19.5. The van der Waals surface area contributed by atoms with Crippen molar-refractivity contribution in [3.05, 3.63) is 102 Å². The van der Waals surface area contributed by atoms with Gasteiger partial charge in [0, 0.05) is 17.4 Å². The van der Waals surface area contributed by atoms with E-state index in [-0.39, 0.29) is 5.82 Å². The molecular formula is C27H22FN5O3. The number of benzene rings is 3. The van der Waals surface area contributed by atoms with Crippen molar-refractivity contribution < 1.29 is 18.8 Å². The second kappa shape index (κ2) is 8.77. The SMILES string of the molecule is Cc1ccc(-c2nn(-c3ccc(F)cc3)cc2C(=O)Nc2cccc(C3(C)NC(=O)NC3=O)c2)cc1. The summed E-state index contributed by atoms with van der Waals surface area (Å²) in [5.41, 5.74) is 2.89. The van der Waals surface area contributed by atoms with Crippen LogP contribution < -0.4 is 16.0 Å². The quantitative estimate of drug-likeness (QED) is 0.368. The molecule has 1 atom stereocenters. The highest BCUT2D eigenvalue weighted by Crippen LogP contribution is 2.28. The van der Waals surface area contributed by atoms with Crippen LogP contribution in [-0.4, -0.2) is 27.6 Å². The second-order valence-electron chi connectivity index (χ2n) is 8.75. The van der Waals surface area contributed by atoms with Gasteiger partial charge in [0.2, 0.25) is 0 Å². The van der Waals surface area contributed by atoms with Crippen molar-refractivity contribution in [2.24, 2.45) is 0 Å². The predicted molar refractivity (Wildman–Crippen MR) is 132 cm³/mol. The van der Waals surface area contributed by atoms with Crippen LogP contribution in [0.2, 0.25) is 0 Å². The van der Waals surface area contributed by atoms with Gasteiger partial charge in [0.1, 0.15) is 17.1 Å². The molecule has 4 aromatic rings. The Morgan fingerprint density at radius 1 is 1.03 bits per heavy atom. The van der Waals surface area contributed by atoms with Gasteiger partial charge in [0.15, 0.2) is 0 Å². The number of nitrogens with zero attached hydrogens (tertiary/aromatic N) is 2. The minimum atomic E-state index is -1.25. The summed E-state index contributed by atoms with van der Waals surface area (Å²) in [6, 6.07) is 19.6. The molecule has 1 unspecified atom stereocenters. The first-order valence-corrected chi connectivity index (χ1v) is 11.2. The van der Waals surface area contributed by atoms with Gasteiger partial charge in [0.05, 0.1) is 11.3 Å². The first kappa shape index (κ1) is 23.0. The van der Waals surface area contributed by atoms with E-state index in [1.807, 2.05) is 31.2 Å². The van der Waals surface area contributed by atoms with E-state index in [1.165, 1.54) is 16.8 Å². The number of nitrogens with one attached hydrogen (secondary N) is 3. The molecule has 0 saturated carbocycles. The molecule has 1 fully saturated rings. The molecule has 1 saturated heterocycles. The van der Waals surface area contributed by atoms with Crippen molar-refractivity contribution in [2.45, 2.75) is 19.4 Å². The Hall–Kier alpha value is -4.79. The summed E-state index contributed by atoms with van der Waals surface area (Å²) in [6.45, 7) is 3.56.